The third kappa shape index (κ3) is 21.7. The monoisotopic (exact) mass is 336 g/mol. The molecule has 0 aliphatic carbocycles. The highest BCUT2D eigenvalue weighted by molar-refractivity contribution is 4.41. The van der Waals surface area contributed by atoms with E-state index in [0.717, 1.165) is 39.1 Å². The molecule has 0 aromatic rings. The number of hydrogen-bond acceptors (Lipinski definition) is 7. The fourth-order valence-electron chi connectivity index (χ4n) is 1.68. The topological polar surface area (TPSA) is 70.2 Å². The Morgan fingerprint density at radius 2 is 0.696 bits per heavy atom. The van der Waals surface area contributed by atoms with Gasteiger partial charge in [0.05, 0.1) is 52.9 Å². The number of rotatable bonds is 20. The average molecular weight is 336 g/mol. The fraction of sp³-hybridized carbons (Fsp3) is 1.00. The van der Waals surface area contributed by atoms with E-state index in [1.165, 1.54) is 0 Å². The second kappa shape index (κ2) is 21.7. The molecule has 0 heterocycles. The van der Waals surface area contributed by atoms with Gasteiger partial charge in [0.15, 0.2) is 0 Å². The van der Waals surface area contributed by atoms with Crippen molar-refractivity contribution in [3.63, 3.8) is 0 Å². The highest BCUT2D eigenvalue weighted by Gasteiger charge is 1.93. The van der Waals surface area contributed by atoms with Crippen molar-refractivity contribution < 1.29 is 23.7 Å². The van der Waals surface area contributed by atoms with Gasteiger partial charge < -0.3 is 34.3 Å². The Morgan fingerprint density at radius 1 is 0.435 bits per heavy atom. The van der Waals surface area contributed by atoms with Crippen LogP contribution in [-0.2, 0) is 23.7 Å². The van der Waals surface area contributed by atoms with E-state index < -0.39 is 0 Å². The molecule has 7 heteroatoms. The molecule has 0 saturated carbocycles. The normalized spacial score (nSPS) is 11.2. The number of hydrogen-bond donors (Lipinski definition) is 2. The van der Waals surface area contributed by atoms with Gasteiger partial charge in [-0.15, -0.1) is 0 Å². The van der Waals surface area contributed by atoms with Crippen LogP contribution in [0.5, 0.6) is 0 Å². The van der Waals surface area contributed by atoms with Crippen LogP contribution >= 0.6 is 0 Å². The first kappa shape index (κ1) is 22.7. The largest absolute Gasteiger partial charge is 0.379 e. The highest BCUT2D eigenvalue weighted by atomic mass is 16.6. The quantitative estimate of drug-likeness (QED) is 0.310. The molecule has 0 radical (unpaired) electrons. The molecule has 0 atom stereocenters. The Labute approximate surface area is 141 Å². The van der Waals surface area contributed by atoms with Gasteiger partial charge >= 0.3 is 0 Å². The Balaban J connectivity index is 2.92. The van der Waals surface area contributed by atoms with Crippen LogP contribution in [0.4, 0.5) is 0 Å². The standard InChI is InChI=1S/C16H36N2O5/c1-17-5-3-7-19-9-11-21-13-15-23-16-14-22-12-10-20-8-4-6-18-2/h17-18H,3-16H2,1-2H3. The molecule has 23 heavy (non-hydrogen) atoms. The lowest BCUT2D eigenvalue weighted by Gasteiger charge is -2.08. The van der Waals surface area contributed by atoms with E-state index in [-0.39, 0.29) is 0 Å². The van der Waals surface area contributed by atoms with Gasteiger partial charge in [-0.05, 0) is 40.0 Å². The van der Waals surface area contributed by atoms with Crippen LogP contribution in [0.15, 0.2) is 0 Å². The first-order chi connectivity index (χ1) is 11.4. The number of nitrogens with one attached hydrogen (secondary N) is 2. The summed E-state index contributed by atoms with van der Waals surface area (Å²) in [5.74, 6) is 0. The minimum Gasteiger partial charge on any atom is -0.379 e. The molecule has 140 valence electrons. The minimum atomic E-state index is 0.587. The van der Waals surface area contributed by atoms with Crippen molar-refractivity contribution in [2.24, 2.45) is 0 Å². The molecule has 0 unspecified atom stereocenters. The van der Waals surface area contributed by atoms with Crippen molar-refractivity contribution in [3.8, 4) is 0 Å². The Hall–Kier alpha value is -0.280. The van der Waals surface area contributed by atoms with Gasteiger partial charge in [0, 0.05) is 13.2 Å². The summed E-state index contributed by atoms with van der Waals surface area (Å²) in [5.41, 5.74) is 0. The summed E-state index contributed by atoms with van der Waals surface area (Å²) in [4.78, 5) is 0. The maximum atomic E-state index is 5.41. The van der Waals surface area contributed by atoms with Crippen LogP contribution in [0, 0.1) is 0 Å². The van der Waals surface area contributed by atoms with Crippen molar-refractivity contribution in [1.29, 1.82) is 0 Å². The maximum absolute atomic E-state index is 5.41. The van der Waals surface area contributed by atoms with Crippen molar-refractivity contribution >= 4 is 0 Å². The molecular formula is C16H36N2O5. The molecule has 0 rings (SSSR count). The van der Waals surface area contributed by atoms with Gasteiger partial charge in [0.1, 0.15) is 0 Å². The SMILES string of the molecule is CNCCCOCCOCCOCCOCCOCCCNC. The van der Waals surface area contributed by atoms with Gasteiger partial charge in [0.2, 0.25) is 0 Å². The van der Waals surface area contributed by atoms with Crippen LogP contribution in [-0.4, -0.2) is 93.3 Å². The third-order valence-electron chi connectivity index (χ3n) is 2.92. The van der Waals surface area contributed by atoms with Crippen LogP contribution in [0.2, 0.25) is 0 Å². The summed E-state index contributed by atoms with van der Waals surface area (Å²) >= 11 is 0. The first-order valence-corrected chi connectivity index (χ1v) is 8.59. The van der Waals surface area contributed by atoms with Gasteiger partial charge in [-0.1, -0.05) is 0 Å². The lowest BCUT2D eigenvalue weighted by atomic mass is 10.4. The predicted octanol–water partition coefficient (Wildman–Crippen LogP) is 0.288. The second-order valence-corrected chi connectivity index (χ2v) is 4.98. The maximum Gasteiger partial charge on any atom is 0.0701 e. The first-order valence-electron chi connectivity index (χ1n) is 8.59. The van der Waals surface area contributed by atoms with Gasteiger partial charge in [-0.2, -0.15) is 0 Å². The van der Waals surface area contributed by atoms with Gasteiger partial charge in [0.25, 0.3) is 0 Å². The lowest BCUT2D eigenvalue weighted by molar-refractivity contribution is -0.0111. The summed E-state index contributed by atoms with van der Waals surface area (Å²) < 4.78 is 27.0. The van der Waals surface area contributed by atoms with E-state index >= 15 is 0 Å². The third-order valence-corrected chi connectivity index (χ3v) is 2.92. The van der Waals surface area contributed by atoms with Crippen molar-refractivity contribution in [3.05, 3.63) is 0 Å². The lowest BCUT2D eigenvalue weighted by Crippen LogP contribution is -2.15. The fourth-order valence-corrected chi connectivity index (χ4v) is 1.68. The average Bonchev–Trinajstić information content (AvgIpc) is 2.57. The van der Waals surface area contributed by atoms with E-state index in [0.29, 0.717) is 52.9 Å². The van der Waals surface area contributed by atoms with Crippen molar-refractivity contribution in [2.45, 2.75) is 12.8 Å². The molecule has 0 aliphatic heterocycles. The van der Waals surface area contributed by atoms with Crippen LogP contribution in [0.3, 0.4) is 0 Å². The van der Waals surface area contributed by atoms with E-state index in [1.54, 1.807) is 0 Å². The Morgan fingerprint density at radius 3 is 0.957 bits per heavy atom. The zero-order valence-electron chi connectivity index (χ0n) is 14.9. The Kier molecular flexibility index (Phi) is 21.5. The zero-order chi connectivity index (χ0) is 16.8. The predicted molar refractivity (Wildman–Crippen MR) is 91.2 cm³/mol. The molecule has 0 aromatic carbocycles. The van der Waals surface area contributed by atoms with Crippen molar-refractivity contribution in [1.82, 2.24) is 10.6 Å². The summed E-state index contributed by atoms with van der Waals surface area (Å²) in [7, 11) is 3.88. The molecule has 0 aromatic heterocycles. The molecule has 0 spiro atoms. The van der Waals surface area contributed by atoms with Crippen LogP contribution in [0.1, 0.15) is 12.8 Å². The van der Waals surface area contributed by atoms with Crippen LogP contribution < -0.4 is 10.6 Å². The second-order valence-electron chi connectivity index (χ2n) is 4.98. The van der Waals surface area contributed by atoms with E-state index in [4.69, 9.17) is 23.7 Å². The van der Waals surface area contributed by atoms with Crippen molar-refractivity contribution in [2.75, 3.05) is 93.3 Å². The summed E-state index contributed by atoms with van der Waals surface area (Å²) in [5, 5.41) is 6.15. The van der Waals surface area contributed by atoms with E-state index in [2.05, 4.69) is 10.6 Å². The molecule has 2 N–H and O–H groups in total. The van der Waals surface area contributed by atoms with Gasteiger partial charge in [-0.25, -0.2) is 0 Å². The molecule has 0 fully saturated rings. The molecule has 0 aliphatic rings. The van der Waals surface area contributed by atoms with Crippen LogP contribution in [0.25, 0.3) is 0 Å². The molecule has 7 nitrogen and oxygen atoms in total. The molecule has 0 bridgehead atoms. The minimum absolute atomic E-state index is 0.587. The van der Waals surface area contributed by atoms with E-state index in [9.17, 15) is 0 Å². The summed E-state index contributed by atoms with van der Waals surface area (Å²) in [6.45, 7) is 8.39. The van der Waals surface area contributed by atoms with E-state index in [1.807, 2.05) is 14.1 Å². The Bertz CT molecular complexity index is 191. The summed E-state index contributed by atoms with van der Waals surface area (Å²) in [6.07, 6.45) is 2.06. The summed E-state index contributed by atoms with van der Waals surface area (Å²) in [6, 6.07) is 0. The molecular weight excluding hydrogens is 300 g/mol. The van der Waals surface area contributed by atoms with Gasteiger partial charge in [-0.3, -0.25) is 0 Å². The zero-order valence-corrected chi connectivity index (χ0v) is 14.9. The smallest absolute Gasteiger partial charge is 0.0701 e. The number of ether oxygens (including phenoxy) is 5. The molecule has 0 saturated heterocycles. The highest BCUT2D eigenvalue weighted by Crippen LogP contribution is 1.85. The molecule has 0 amide bonds.